The predicted molar refractivity (Wildman–Crippen MR) is 111 cm³/mol. The molecule has 2 aromatic heterocycles. The Kier molecular flexibility index (Phi) is 5.25. The number of halogens is 1. The maximum Gasteiger partial charge on any atom is 0.298 e. The molecule has 4 rings (SSSR count). The molecule has 1 amide bonds. The van der Waals surface area contributed by atoms with Crippen LogP contribution < -0.4 is 4.90 Å². The van der Waals surface area contributed by atoms with Crippen molar-refractivity contribution in [1.29, 1.82) is 0 Å². The van der Waals surface area contributed by atoms with Gasteiger partial charge in [-0.25, -0.2) is 4.98 Å². The van der Waals surface area contributed by atoms with Gasteiger partial charge in [-0.1, -0.05) is 27.3 Å². The zero-order valence-electron chi connectivity index (χ0n) is 15.4. The first kappa shape index (κ1) is 18.5. The lowest BCUT2D eigenvalue weighted by molar-refractivity contribution is 0.0971. The first-order valence-corrected chi connectivity index (χ1v) is 10.6. The van der Waals surface area contributed by atoms with Crippen molar-refractivity contribution in [2.45, 2.75) is 25.8 Å². The van der Waals surface area contributed by atoms with Crippen LogP contribution in [0.2, 0.25) is 0 Å². The number of carbonyl (C=O) groups is 1. The van der Waals surface area contributed by atoms with Crippen LogP contribution >= 0.6 is 27.3 Å². The molecule has 0 unspecified atom stereocenters. The van der Waals surface area contributed by atoms with Crippen LogP contribution in [-0.2, 0) is 13.0 Å². The minimum absolute atomic E-state index is 0.118. The average molecular weight is 449 g/mol. The zero-order valence-corrected chi connectivity index (χ0v) is 17.8. The zero-order chi connectivity index (χ0) is 19.0. The molecule has 0 N–H and O–H groups in total. The van der Waals surface area contributed by atoms with Crippen LogP contribution in [0.3, 0.4) is 0 Å². The number of benzene rings is 1. The van der Waals surface area contributed by atoms with Gasteiger partial charge in [0.25, 0.3) is 5.91 Å². The molecule has 0 saturated heterocycles. The lowest BCUT2D eigenvalue weighted by Crippen LogP contribution is -2.35. The number of hydrogen-bond donors (Lipinski definition) is 0. The molecule has 0 fully saturated rings. The maximum absolute atomic E-state index is 13.3. The van der Waals surface area contributed by atoms with Gasteiger partial charge < -0.3 is 9.47 Å². The highest BCUT2D eigenvalue weighted by Crippen LogP contribution is 2.32. The Morgan fingerprint density at radius 3 is 2.96 bits per heavy atom. The summed E-state index contributed by atoms with van der Waals surface area (Å²) in [4.78, 5) is 21.9. The minimum Gasteiger partial charge on any atom is -0.309 e. The summed E-state index contributed by atoms with van der Waals surface area (Å²) >= 11 is 5.03. The number of nitrogens with zero attached hydrogens (tertiary/aromatic N) is 6. The Labute approximate surface area is 170 Å². The van der Waals surface area contributed by atoms with E-state index in [0.717, 1.165) is 52.9 Å². The summed E-state index contributed by atoms with van der Waals surface area (Å²) in [5, 5.41) is 9.08. The van der Waals surface area contributed by atoms with Crippen LogP contribution in [-0.4, -0.2) is 57.7 Å². The van der Waals surface area contributed by atoms with Gasteiger partial charge in [-0.15, -0.1) is 10.2 Å². The standard InChI is InChI=1S/C18H21BrN6OS/c1-23(2)8-4-10-25(17(26)16-22-21-15-5-3-9-24(15)16)18-20-13-7-6-12(19)11-14(13)27-18/h6-7,11H,3-5,8-10H2,1-2H3. The molecule has 0 radical (unpaired) electrons. The van der Waals surface area contributed by atoms with Crippen LogP contribution in [0.4, 0.5) is 5.13 Å². The first-order chi connectivity index (χ1) is 13.0. The summed E-state index contributed by atoms with van der Waals surface area (Å²) in [6.07, 6.45) is 2.76. The largest absolute Gasteiger partial charge is 0.309 e. The molecule has 0 bridgehead atoms. The highest BCUT2D eigenvalue weighted by atomic mass is 79.9. The van der Waals surface area contributed by atoms with Crippen LogP contribution in [0.1, 0.15) is 29.3 Å². The molecule has 1 aliphatic heterocycles. The van der Waals surface area contributed by atoms with Gasteiger partial charge in [-0.2, -0.15) is 0 Å². The van der Waals surface area contributed by atoms with Gasteiger partial charge in [0.15, 0.2) is 5.13 Å². The summed E-state index contributed by atoms with van der Waals surface area (Å²) in [5.41, 5.74) is 0.898. The average Bonchev–Trinajstić information content (AvgIpc) is 3.32. The van der Waals surface area contributed by atoms with Gasteiger partial charge in [0.2, 0.25) is 5.82 Å². The molecular weight excluding hydrogens is 428 g/mol. The molecule has 27 heavy (non-hydrogen) atoms. The van der Waals surface area contributed by atoms with Gasteiger partial charge in [0.1, 0.15) is 5.82 Å². The van der Waals surface area contributed by atoms with E-state index < -0.39 is 0 Å². The summed E-state index contributed by atoms with van der Waals surface area (Å²) in [5.74, 6) is 1.21. The Bertz CT molecular complexity index is 982. The Morgan fingerprint density at radius 1 is 1.30 bits per heavy atom. The SMILES string of the molecule is CN(C)CCCN(C(=O)c1nnc2n1CCC2)c1nc2ccc(Br)cc2s1. The number of carbonyl (C=O) groups excluding carboxylic acids is 1. The van der Waals surface area contributed by atoms with Crippen molar-refractivity contribution in [3.63, 3.8) is 0 Å². The van der Waals surface area contributed by atoms with Gasteiger partial charge in [-0.05, 0) is 51.7 Å². The highest BCUT2D eigenvalue weighted by Gasteiger charge is 2.28. The van der Waals surface area contributed by atoms with Gasteiger partial charge in [-0.3, -0.25) is 9.69 Å². The number of aromatic nitrogens is 4. The van der Waals surface area contributed by atoms with Crippen LogP contribution in [0, 0.1) is 0 Å². The Balaban J connectivity index is 1.67. The fraction of sp³-hybridized carbons (Fsp3) is 0.444. The van der Waals surface area contributed by atoms with Crippen molar-refractivity contribution in [3.05, 3.63) is 34.3 Å². The highest BCUT2D eigenvalue weighted by molar-refractivity contribution is 9.10. The third-order valence-electron chi connectivity index (χ3n) is 4.60. The van der Waals surface area contributed by atoms with Crippen molar-refractivity contribution < 1.29 is 4.79 Å². The number of amides is 1. The smallest absolute Gasteiger partial charge is 0.298 e. The molecule has 0 aliphatic carbocycles. The summed E-state index contributed by atoms with van der Waals surface area (Å²) in [6, 6.07) is 5.97. The second kappa shape index (κ2) is 7.65. The van der Waals surface area contributed by atoms with E-state index in [-0.39, 0.29) is 5.91 Å². The summed E-state index contributed by atoms with van der Waals surface area (Å²) < 4.78 is 4.01. The quantitative estimate of drug-likeness (QED) is 0.578. The Hall–Kier alpha value is -1.84. The molecule has 0 spiro atoms. The predicted octanol–water partition coefficient (Wildman–Crippen LogP) is 3.20. The van der Waals surface area contributed by atoms with E-state index in [1.165, 1.54) is 11.3 Å². The lowest BCUT2D eigenvalue weighted by atomic mass is 10.3. The molecule has 1 aliphatic rings. The number of aryl methyl sites for hydroxylation is 1. The fourth-order valence-electron chi connectivity index (χ4n) is 3.26. The van der Waals surface area contributed by atoms with E-state index >= 15 is 0 Å². The van der Waals surface area contributed by atoms with E-state index in [4.69, 9.17) is 4.98 Å². The molecule has 142 valence electrons. The topological polar surface area (TPSA) is 67.2 Å². The van der Waals surface area contributed by atoms with E-state index in [1.807, 2.05) is 36.9 Å². The molecule has 3 heterocycles. The fourth-order valence-corrected chi connectivity index (χ4v) is 4.80. The van der Waals surface area contributed by atoms with Crippen molar-refractivity contribution in [3.8, 4) is 0 Å². The van der Waals surface area contributed by atoms with Gasteiger partial charge in [0.05, 0.1) is 10.2 Å². The van der Waals surface area contributed by atoms with Gasteiger partial charge in [0, 0.05) is 24.0 Å². The Morgan fingerprint density at radius 2 is 2.15 bits per heavy atom. The van der Waals surface area contributed by atoms with Gasteiger partial charge >= 0.3 is 0 Å². The number of rotatable bonds is 6. The molecule has 1 aromatic carbocycles. The summed E-state index contributed by atoms with van der Waals surface area (Å²) in [6.45, 7) is 2.31. The molecule has 7 nitrogen and oxygen atoms in total. The van der Waals surface area contributed by atoms with E-state index in [0.29, 0.717) is 17.5 Å². The number of fused-ring (bicyclic) bond motifs is 2. The molecule has 0 atom stereocenters. The van der Waals surface area contributed by atoms with E-state index in [9.17, 15) is 4.79 Å². The number of anilines is 1. The van der Waals surface area contributed by atoms with E-state index in [2.05, 4.69) is 31.0 Å². The number of thiazole rings is 1. The monoisotopic (exact) mass is 448 g/mol. The second-order valence-electron chi connectivity index (χ2n) is 6.92. The third kappa shape index (κ3) is 3.76. The van der Waals surface area contributed by atoms with Crippen LogP contribution in [0.25, 0.3) is 10.2 Å². The van der Waals surface area contributed by atoms with Crippen LogP contribution in [0.15, 0.2) is 22.7 Å². The maximum atomic E-state index is 13.3. The van der Waals surface area contributed by atoms with Crippen molar-refractivity contribution >= 4 is 48.5 Å². The van der Waals surface area contributed by atoms with Crippen molar-refractivity contribution in [1.82, 2.24) is 24.6 Å². The molecular formula is C18H21BrN6OS. The molecule has 9 heteroatoms. The third-order valence-corrected chi connectivity index (χ3v) is 6.14. The lowest BCUT2D eigenvalue weighted by Gasteiger charge is -2.20. The van der Waals surface area contributed by atoms with E-state index in [1.54, 1.807) is 4.90 Å². The van der Waals surface area contributed by atoms with Crippen molar-refractivity contribution in [2.24, 2.45) is 0 Å². The molecule has 3 aromatic rings. The number of hydrogen-bond acceptors (Lipinski definition) is 6. The second-order valence-corrected chi connectivity index (χ2v) is 8.84. The minimum atomic E-state index is -0.118. The first-order valence-electron chi connectivity index (χ1n) is 8.97. The van der Waals surface area contributed by atoms with Crippen LogP contribution in [0.5, 0.6) is 0 Å². The molecule has 0 saturated carbocycles. The normalized spacial score (nSPS) is 13.5. The van der Waals surface area contributed by atoms with Crippen molar-refractivity contribution in [2.75, 3.05) is 32.1 Å². The summed E-state index contributed by atoms with van der Waals surface area (Å²) in [7, 11) is 4.07.